The number of benzene rings is 1. The van der Waals surface area contributed by atoms with Gasteiger partial charge in [0.1, 0.15) is 0 Å². The highest BCUT2D eigenvalue weighted by molar-refractivity contribution is 7.09. The van der Waals surface area contributed by atoms with Crippen LogP contribution in [0.4, 0.5) is 0 Å². The van der Waals surface area contributed by atoms with E-state index in [4.69, 9.17) is 0 Å². The minimum atomic E-state index is -0.205. The Bertz CT molecular complexity index is 990. The number of hydrogen-bond donors (Lipinski definition) is 0. The fraction of sp³-hybridized carbons (Fsp3) is 0.250. The first kappa shape index (κ1) is 18.1. The Hall–Kier alpha value is -2.73. The van der Waals surface area contributed by atoms with Crippen molar-refractivity contribution >= 4 is 28.0 Å². The molecule has 0 unspecified atom stereocenters. The molecule has 0 radical (unpaired) electrons. The Morgan fingerprint density at radius 1 is 1.27 bits per heavy atom. The summed E-state index contributed by atoms with van der Waals surface area (Å²) >= 11 is 1.60. The summed E-state index contributed by atoms with van der Waals surface area (Å²) in [5.41, 5.74) is 0.119. The second-order valence-electron chi connectivity index (χ2n) is 6.29. The van der Waals surface area contributed by atoms with Crippen LogP contribution in [0.25, 0.3) is 10.8 Å². The highest BCUT2D eigenvalue weighted by Crippen LogP contribution is 2.19. The van der Waals surface area contributed by atoms with E-state index < -0.39 is 0 Å². The van der Waals surface area contributed by atoms with Crippen molar-refractivity contribution in [2.24, 2.45) is 0 Å². The number of hydrogen-bond acceptors (Lipinski definition) is 4. The molecule has 0 aliphatic heterocycles. The van der Waals surface area contributed by atoms with Gasteiger partial charge in [0.25, 0.3) is 11.5 Å². The number of thiophene rings is 1. The van der Waals surface area contributed by atoms with E-state index in [0.717, 1.165) is 4.88 Å². The van der Waals surface area contributed by atoms with Crippen molar-refractivity contribution in [1.82, 2.24) is 14.7 Å². The lowest BCUT2D eigenvalue weighted by Gasteiger charge is -2.21. The highest BCUT2D eigenvalue weighted by atomic mass is 32.1. The summed E-state index contributed by atoms with van der Waals surface area (Å²) in [6, 6.07) is 11.0. The van der Waals surface area contributed by atoms with E-state index in [2.05, 4.69) is 11.7 Å². The number of fused-ring (bicyclic) bond motifs is 1. The molecule has 0 N–H and O–H groups in total. The molecule has 1 amide bonds. The normalized spacial score (nSPS) is 11.0. The Kier molecular flexibility index (Phi) is 5.32. The van der Waals surface area contributed by atoms with E-state index in [1.807, 2.05) is 37.4 Å². The van der Waals surface area contributed by atoms with Gasteiger partial charge >= 0.3 is 0 Å². The first-order valence-electron chi connectivity index (χ1n) is 8.47. The summed E-state index contributed by atoms with van der Waals surface area (Å²) in [5, 5.41) is 7.49. The summed E-state index contributed by atoms with van der Waals surface area (Å²) < 4.78 is 1.38. The fourth-order valence-electron chi connectivity index (χ4n) is 2.83. The lowest BCUT2D eigenvalue weighted by atomic mass is 10.1. The van der Waals surface area contributed by atoms with Gasteiger partial charge in [0, 0.05) is 16.8 Å². The number of carbonyl (C=O) groups is 1. The first-order valence-corrected chi connectivity index (χ1v) is 9.35. The smallest absolute Gasteiger partial charge is 0.275 e. The van der Waals surface area contributed by atoms with Crippen LogP contribution < -0.4 is 5.56 Å². The lowest BCUT2D eigenvalue weighted by molar-refractivity contribution is 0.0757. The minimum Gasteiger partial charge on any atom is -0.328 e. The Morgan fingerprint density at radius 2 is 2.00 bits per heavy atom. The average Bonchev–Trinajstić information content (AvgIpc) is 3.14. The maximum absolute atomic E-state index is 13.3. The molecule has 0 atom stereocenters. The van der Waals surface area contributed by atoms with Crippen molar-refractivity contribution in [3.63, 3.8) is 0 Å². The zero-order valence-electron chi connectivity index (χ0n) is 14.9. The van der Waals surface area contributed by atoms with Gasteiger partial charge in [0.2, 0.25) is 0 Å². The Labute approximate surface area is 156 Å². The van der Waals surface area contributed by atoms with Gasteiger partial charge in [-0.15, -0.1) is 17.9 Å². The number of rotatable bonds is 6. The van der Waals surface area contributed by atoms with Crippen LogP contribution in [0, 0.1) is 0 Å². The zero-order valence-corrected chi connectivity index (χ0v) is 15.7. The van der Waals surface area contributed by atoms with E-state index in [0.29, 0.717) is 29.6 Å². The van der Waals surface area contributed by atoms with Crippen molar-refractivity contribution in [1.29, 1.82) is 0 Å². The molecule has 0 aliphatic rings. The molecule has 26 heavy (non-hydrogen) atoms. The molecule has 0 bridgehead atoms. The number of nitrogens with zero attached hydrogens (tertiary/aromatic N) is 3. The molecule has 5 nitrogen and oxygen atoms in total. The summed E-state index contributed by atoms with van der Waals surface area (Å²) in [5.74, 6) is -0.205. The summed E-state index contributed by atoms with van der Waals surface area (Å²) in [6.07, 6.45) is 1.70. The van der Waals surface area contributed by atoms with Crippen LogP contribution in [0.3, 0.4) is 0 Å². The van der Waals surface area contributed by atoms with Gasteiger partial charge in [-0.25, -0.2) is 4.68 Å². The molecule has 0 fully saturated rings. The summed E-state index contributed by atoms with van der Waals surface area (Å²) in [4.78, 5) is 28.7. The molecule has 0 saturated carbocycles. The molecule has 6 heteroatoms. The van der Waals surface area contributed by atoms with E-state index in [9.17, 15) is 9.59 Å². The van der Waals surface area contributed by atoms with Crippen LogP contribution in [-0.4, -0.2) is 27.1 Å². The lowest BCUT2D eigenvalue weighted by Crippen LogP contribution is -2.34. The Balaban J connectivity index is 2.12. The van der Waals surface area contributed by atoms with Crippen molar-refractivity contribution in [2.45, 2.75) is 26.4 Å². The second kappa shape index (κ2) is 7.66. The molecule has 3 rings (SSSR count). The van der Waals surface area contributed by atoms with Gasteiger partial charge in [-0.3, -0.25) is 9.59 Å². The van der Waals surface area contributed by atoms with Crippen LogP contribution in [0.2, 0.25) is 0 Å². The zero-order chi connectivity index (χ0) is 18.7. The largest absolute Gasteiger partial charge is 0.328 e. The van der Waals surface area contributed by atoms with Crippen molar-refractivity contribution in [3.8, 4) is 0 Å². The molecule has 0 spiro atoms. The first-order chi connectivity index (χ1) is 12.5. The minimum absolute atomic E-state index is 0.135. The predicted octanol–water partition coefficient (Wildman–Crippen LogP) is 3.87. The van der Waals surface area contributed by atoms with Gasteiger partial charge < -0.3 is 4.90 Å². The van der Waals surface area contributed by atoms with Gasteiger partial charge in [-0.2, -0.15) is 5.10 Å². The molecular formula is C20H21N3O2S. The highest BCUT2D eigenvalue weighted by Gasteiger charge is 2.22. The van der Waals surface area contributed by atoms with E-state index in [1.165, 1.54) is 4.68 Å². The monoisotopic (exact) mass is 367 g/mol. The van der Waals surface area contributed by atoms with Crippen molar-refractivity contribution in [3.05, 3.63) is 75.4 Å². The molecule has 1 aromatic carbocycles. The van der Waals surface area contributed by atoms with Crippen LogP contribution in [0.1, 0.15) is 35.3 Å². The fourth-order valence-corrected chi connectivity index (χ4v) is 3.55. The SMILES string of the molecule is C=CCN(Cc1cccs1)C(=O)c1nn(C(C)C)c(=O)c2ccccc12. The standard InChI is InChI=1S/C20H21N3O2S/c1-4-11-22(13-15-8-7-12-26-15)20(25)18-16-9-5-6-10-17(16)19(24)23(21-18)14(2)3/h4-10,12,14H,1,11,13H2,2-3H3. The molecule has 0 saturated heterocycles. The van der Waals surface area contributed by atoms with Gasteiger partial charge in [-0.05, 0) is 31.4 Å². The van der Waals surface area contributed by atoms with E-state index in [1.54, 1.807) is 40.5 Å². The van der Waals surface area contributed by atoms with Crippen LogP contribution in [0.5, 0.6) is 0 Å². The maximum Gasteiger partial charge on any atom is 0.275 e. The summed E-state index contributed by atoms with van der Waals surface area (Å²) in [6.45, 7) is 8.42. The van der Waals surface area contributed by atoms with Crippen LogP contribution in [-0.2, 0) is 6.54 Å². The van der Waals surface area contributed by atoms with Crippen LogP contribution >= 0.6 is 11.3 Å². The molecule has 2 heterocycles. The predicted molar refractivity (Wildman–Crippen MR) is 106 cm³/mol. The van der Waals surface area contributed by atoms with Gasteiger partial charge in [0.05, 0.1) is 18.0 Å². The van der Waals surface area contributed by atoms with Crippen molar-refractivity contribution in [2.75, 3.05) is 6.54 Å². The van der Waals surface area contributed by atoms with E-state index in [-0.39, 0.29) is 17.5 Å². The van der Waals surface area contributed by atoms with Gasteiger partial charge in [-0.1, -0.05) is 30.3 Å². The summed E-state index contributed by atoms with van der Waals surface area (Å²) in [7, 11) is 0. The number of aromatic nitrogens is 2. The molecule has 0 aliphatic carbocycles. The molecule has 3 aromatic rings. The number of carbonyl (C=O) groups excluding carboxylic acids is 1. The van der Waals surface area contributed by atoms with E-state index >= 15 is 0 Å². The third-order valence-electron chi connectivity index (χ3n) is 4.08. The second-order valence-corrected chi connectivity index (χ2v) is 7.32. The topological polar surface area (TPSA) is 55.2 Å². The van der Waals surface area contributed by atoms with Crippen molar-refractivity contribution < 1.29 is 4.79 Å². The average molecular weight is 367 g/mol. The molecule has 134 valence electrons. The molecular weight excluding hydrogens is 346 g/mol. The van der Waals surface area contributed by atoms with Crippen LogP contribution in [0.15, 0.2) is 59.2 Å². The van der Waals surface area contributed by atoms with Gasteiger partial charge in [0.15, 0.2) is 5.69 Å². The third kappa shape index (κ3) is 3.46. The maximum atomic E-state index is 13.3. The third-order valence-corrected chi connectivity index (χ3v) is 4.94. The number of amides is 1. The molecule has 2 aromatic heterocycles. The Morgan fingerprint density at radius 3 is 2.62 bits per heavy atom. The quantitative estimate of drug-likeness (QED) is 0.622.